The monoisotopic (exact) mass is 885 g/mol. The van der Waals surface area contributed by atoms with Gasteiger partial charge in [-0.05, 0) is 83.5 Å². The number of aliphatic hydroxyl groups excluding tert-OH is 3. The van der Waals surface area contributed by atoms with Crippen LogP contribution in [0.5, 0.6) is 0 Å². The van der Waals surface area contributed by atoms with E-state index in [0.717, 1.165) is 51.4 Å². The Hall–Kier alpha value is -3.93. The molecule has 0 radical (unpaired) electrons. The van der Waals surface area contributed by atoms with Crippen LogP contribution in [0.2, 0.25) is 0 Å². The summed E-state index contributed by atoms with van der Waals surface area (Å²) in [6, 6.07) is 0. The molecule has 0 aliphatic rings. The van der Waals surface area contributed by atoms with E-state index in [1.165, 1.54) is 19.3 Å². The lowest BCUT2D eigenvalue weighted by Gasteiger charge is -2.20. The van der Waals surface area contributed by atoms with Gasteiger partial charge in [-0.3, -0.25) is 18.6 Å². The maximum absolute atomic E-state index is 12.6. The first-order valence-electron chi connectivity index (χ1n) is 22.3. The first-order chi connectivity index (χ1) is 30.1. The predicted molar refractivity (Wildman–Crippen MR) is 252 cm³/mol. The number of esters is 2. The van der Waals surface area contributed by atoms with E-state index >= 15 is 0 Å². The molecule has 0 amide bonds. The smallest absolute Gasteiger partial charge is 0.462 e. The fourth-order valence-corrected chi connectivity index (χ4v) is 5.76. The highest BCUT2D eigenvalue weighted by Gasteiger charge is 2.27. The van der Waals surface area contributed by atoms with Crippen molar-refractivity contribution in [3.63, 3.8) is 0 Å². The van der Waals surface area contributed by atoms with Crippen LogP contribution in [0.1, 0.15) is 123 Å². The van der Waals surface area contributed by atoms with Crippen molar-refractivity contribution in [3.05, 3.63) is 134 Å². The van der Waals surface area contributed by atoms with E-state index in [9.17, 15) is 29.3 Å². The van der Waals surface area contributed by atoms with E-state index in [4.69, 9.17) is 19.1 Å². The zero-order valence-corrected chi connectivity index (χ0v) is 38.3. The number of phosphoric acid groups is 1. The van der Waals surface area contributed by atoms with Gasteiger partial charge in [-0.2, -0.15) is 0 Å². The van der Waals surface area contributed by atoms with E-state index in [1.807, 2.05) is 66.8 Å². The van der Waals surface area contributed by atoms with Gasteiger partial charge in [0.25, 0.3) is 0 Å². The number of hydrogen-bond donors (Lipinski definition) is 4. The molecule has 0 aliphatic carbocycles. The second-order valence-corrected chi connectivity index (χ2v) is 15.6. The minimum Gasteiger partial charge on any atom is -0.462 e. The van der Waals surface area contributed by atoms with Gasteiger partial charge in [-0.15, -0.1) is 0 Å². The van der Waals surface area contributed by atoms with Gasteiger partial charge >= 0.3 is 19.8 Å². The molecule has 0 fully saturated rings. The van der Waals surface area contributed by atoms with Crippen molar-refractivity contribution in [2.24, 2.45) is 0 Å². The minimum absolute atomic E-state index is 0.0114. The Balaban J connectivity index is 4.61. The molecule has 12 heteroatoms. The third kappa shape index (κ3) is 42.7. The molecule has 0 saturated heterocycles. The van der Waals surface area contributed by atoms with Crippen molar-refractivity contribution < 1.29 is 52.9 Å². The minimum atomic E-state index is -4.68. The lowest BCUT2D eigenvalue weighted by Crippen LogP contribution is -2.29. The Labute approximate surface area is 373 Å². The number of carbonyl (C=O) groups excluding carboxylic acids is 2. The molecule has 4 N–H and O–H groups in total. The molecule has 4 atom stereocenters. The van der Waals surface area contributed by atoms with Crippen LogP contribution in [0, 0.1) is 0 Å². The van der Waals surface area contributed by atoms with Gasteiger partial charge in [-0.25, -0.2) is 4.57 Å². The summed E-state index contributed by atoms with van der Waals surface area (Å²) in [5.74, 6) is -1.17. The molecule has 348 valence electrons. The number of ether oxygens (including phenoxy) is 2. The summed E-state index contributed by atoms with van der Waals surface area (Å²) >= 11 is 0. The quantitative estimate of drug-likeness (QED) is 0.0152. The van der Waals surface area contributed by atoms with Crippen LogP contribution < -0.4 is 0 Å². The summed E-state index contributed by atoms with van der Waals surface area (Å²) in [7, 11) is -4.68. The van der Waals surface area contributed by atoms with Crippen molar-refractivity contribution in [1.29, 1.82) is 0 Å². The standard InChI is InChI=1S/C50H77O11P/c1-3-5-7-9-11-12-13-14-15-16-17-18-19-20-21-25-28-32-36-40-49(54)58-44-48(45-60-62(56,57)59-43-47(53)42-51)61-50(55)41-37-33-29-26-23-22-24-27-31-35-39-46(52)38-34-30-10-8-6-4-2/h6,8,11-12,14-15,17-18,20-23,27-35,39,46-48,51-53H,3-5,7,9-10,13,16,19,24-26,36-38,40-45H2,1-2H3,(H,56,57)/b8-6-,12-11-,15-14-,18-17-,21-20-,23-22-,31-27-,32-28-,33-29-,34-30-,39-35+/t46?,47-,48+/m0/s1. The van der Waals surface area contributed by atoms with E-state index in [-0.39, 0.29) is 12.8 Å². The third-order valence-electron chi connectivity index (χ3n) is 8.40. The van der Waals surface area contributed by atoms with Crippen molar-refractivity contribution in [2.75, 3.05) is 26.4 Å². The molecule has 0 aromatic heterocycles. The molecule has 0 bridgehead atoms. The van der Waals surface area contributed by atoms with Crippen LogP contribution >= 0.6 is 7.82 Å². The molecule has 0 rings (SSSR count). The summed E-state index contributed by atoms with van der Waals surface area (Å²) in [6.45, 7) is 1.95. The van der Waals surface area contributed by atoms with Gasteiger partial charge in [0.15, 0.2) is 6.10 Å². The van der Waals surface area contributed by atoms with Crippen molar-refractivity contribution in [2.45, 2.75) is 141 Å². The number of allylic oxidation sites excluding steroid dienone is 20. The summed E-state index contributed by atoms with van der Waals surface area (Å²) in [4.78, 5) is 35.0. The van der Waals surface area contributed by atoms with Gasteiger partial charge in [-0.1, -0.05) is 160 Å². The molecule has 0 aromatic carbocycles. The first kappa shape index (κ1) is 58.1. The average molecular weight is 885 g/mol. The second kappa shape index (κ2) is 43.7. The van der Waals surface area contributed by atoms with Crippen LogP contribution in [0.4, 0.5) is 0 Å². The zero-order valence-electron chi connectivity index (χ0n) is 37.4. The average Bonchev–Trinajstić information content (AvgIpc) is 3.26. The third-order valence-corrected chi connectivity index (χ3v) is 9.35. The Morgan fingerprint density at radius 2 is 1.05 bits per heavy atom. The molecule has 0 spiro atoms. The van der Waals surface area contributed by atoms with Crippen molar-refractivity contribution in [3.8, 4) is 0 Å². The van der Waals surface area contributed by atoms with Gasteiger partial charge < -0.3 is 29.7 Å². The van der Waals surface area contributed by atoms with E-state index < -0.39 is 64.5 Å². The highest BCUT2D eigenvalue weighted by atomic mass is 31.2. The topological polar surface area (TPSA) is 169 Å². The number of aliphatic hydroxyl groups is 3. The second-order valence-electron chi connectivity index (χ2n) is 14.2. The van der Waals surface area contributed by atoms with Gasteiger partial charge in [0.1, 0.15) is 12.7 Å². The summed E-state index contributed by atoms with van der Waals surface area (Å²) in [6.07, 6.45) is 54.7. The highest BCUT2D eigenvalue weighted by Crippen LogP contribution is 2.43. The number of carbonyl (C=O) groups is 2. The Bertz CT molecular complexity index is 1500. The first-order valence-corrected chi connectivity index (χ1v) is 23.7. The molecule has 0 aliphatic heterocycles. The van der Waals surface area contributed by atoms with E-state index in [1.54, 1.807) is 6.08 Å². The fourth-order valence-electron chi connectivity index (χ4n) is 4.97. The van der Waals surface area contributed by atoms with Gasteiger partial charge in [0, 0.05) is 12.8 Å². The van der Waals surface area contributed by atoms with Gasteiger partial charge in [0.05, 0.1) is 25.9 Å². The van der Waals surface area contributed by atoms with Crippen LogP contribution in [0.3, 0.4) is 0 Å². The zero-order chi connectivity index (χ0) is 45.6. The Morgan fingerprint density at radius 1 is 0.565 bits per heavy atom. The van der Waals surface area contributed by atoms with E-state index in [0.29, 0.717) is 25.7 Å². The molecule has 11 nitrogen and oxygen atoms in total. The molecule has 2 unspecified atom stereocenters. The maximum atomic E-state index is 12.6. The summed E-state index contributed by atoms with van der Waals surface area (Å²) < 4.78 is 32.5. The normalized spacial score (nSPS) is 15.5. The molecular weight excluding hydrogens is 808 g/mol. The number of phosphoric ester groups is 1. The lowest BCUT2D eigenvalue weighted by atomic mass is 10.2. The number of hydrogen-bond acceptors (Lipinski definition) is 10. The number of rotatable bonds is 39. The molecule has 0 saturated carbocycles. The summed E-state index contributed by atoms with van der Waals surface area (Å²) in [5.41, 5.74) is 0. The summed E-state index contributed by atoms with van der Waals surface area (Å²) in [5, 5.41) is 28.3. The van der Waals surface area contributed by atoms with E-state index in [2.05, 4.69) is 79.1 Å². The maximum Gasteiger partial charge on any atom is 0.472 e. The molecule has 62 heavy (non-hydrogen) atoms. The predicted octanol–water partition coefficient (Wildman–Crippen LogP) is 11.1. The van der Waals surface area contributed by atoms with Crippen LogP contribution in [0.15, 0.2) is 134 Å². The molecule has 0 heterocycles. The number of unbranched alkanes of at least 4 members (excludes halogenated alkanes) is 3. The van der Waals surface area contributed by atoms with Crippen LogP contribution in [0.25, 0.3) is 0 Å². The highest BCUT2D eigenvalue weighted by molar-refractivity contribution is 7.47. The Morgan fingerprint density at radius 3 is 1.60 bits per heavy atom. The lowest BCUT2D eigenvalue weighted by molar-refractivity contribution is -0.161. The van der Waals surface area contributed by atoms with Crippen LogP contribution in [-0.2, 0) is 32.7 Å². The Kier molecular flexibility index (Phi) is 40.9. The molecular formula is C50H77O11P. The van der Waals surface area contributed by atoms with Gasteiger partial charge in [0.2, 0.25) is 0 Å². The van der Waals surface area contributed by atoms with Crippen molar-refractivity contribution in [1.82, 2.24) is 0 Å². The molecule has 0 aromatic rings. The van der Waals surface area contributed by atoms with Crippen LogP contribution in [-0.4, -0.2) is 76.9 Å². The SMILES string of the molecule is CC/C=C\C/C=C\CC(O)/C=C/C=C\C/C=C\C/C=C\CCC(=O)O[C@H](COC(=O)CC/C=C\C/C=C\C/C=C\C/C=C\C/C=C\CCCCC)COP(=O)(O)OC[C@@H](O)CO. The fraction of sp³-hybridized carbons (Fsp3) is 0.520. The van der Waals surface area contributed by atoms with Crippen molar-refractivity contribution >= 4 is 19.8 Å². The largest absolute Gasteiger partial charge is 0.472 e.